The minimum atomic E-state index is -0.333. The third-order valence-corrected chi connectivity index (χ3v) is 3.03. The first-order chi connectivity index (χ1) is 9.61. The van der Waals surface area contributed by atoms with Gasteiger partial charge in [0.1, 0.15) is 0 Å². The fraction of sp³-hybridized carbons (Fsp3) is 0.357. The van der Waals surface area contributed by atoms with E-state index in [1.54, 1.807) is 0 Å². The molecule has 0 saturated heterocycles. The van der Waals surface area contributed by atoms with E-state index in [-0.39, 0.29) is 30.2 Å². The highest BCUT2D eigenvalue weighted by Gasteiger charge is 2.18. The first-order valence-electron chi connectivity index (χ1n) is 6.51. The van der Waals surface area contributed by atoms with Crippen molar-refractivity contribution in [3.05, 3.63) is 42.2 Å². The predicted molar refractivity (Wildman–Crippen MR) is 74.5 cm³/mol. The second-order valence-electron chi connectivity index (χ2n) is 4.86. The van der Waals surface area contributed by atoms with Crippen LogP contribution in [0.2, 0.25) is 0 Å². The lowest BCUT2D eigenvalue weighted by Crippen LogP contribution is -2.41. The molecule has 6 nitrogen and oxygen atoms in total. The maximum absolute atomic E-state index is 12.0. The molecule has 0 aliphatic rings. The lowest BCUT2D eigenvalue weighted by Gasteiger charge is -2.18. The Balaban J connectivity index is 2.11. The van der Waals surface area contributed by atoms with Crippen molar-refractivity contribution in [1.82, 2.24) is 20.3 Å². The number of nitrogens with one attached hydrogen (secondary N) is 1. The average Bonchev–Trinajstić information content (AvgIpc) is 2.95. The van der Waals surface area contributed by atoms with Crippen LogP contribution in [-0.2, 0) is 0 Å². The maximum Gasteiger partial charge on any atom is 0.273 e. The number of hydrogen-bond acceptors (Lipinski definition) is 4. The number of carbonyl (C=O) groups excluding carboxylic acids is 1. The number of rotatable bonds is 5. The van der Waals surface area contributed by atoms with Crippen molar-refractivity contribution in [2.24, 2.45) is 5.92 Å². The van der Waals surface area contributed by atoms with Crippen molar-refractivity contribution in [3.8, 4) is 5.69 Å². The number of hydrogen-bond donors (Lipinski definition) is 2. The molecule has 1 aromatic heterocycles. The van der Waals surface area contributed by atoms with E-state index in [9.17, 15) is 9.90 Å². The fourth-order valence-corrected chi connectivity index (χ4v) is 1.72. The van der Waals surface area contributed by atoms with Gasteiger partial charge < -0.3 is 10.4 Å². The number of aliphatic hydroxyl groups excluding tert-OH is 1. The summed E-state index contributed by atoms with van der Waals surface area (Å²) in [6, 6.07) is 9.07. The lowest BCUT2D eigenvalue weighted by molar-refractivity contribution is 0.0891. The van der Waals surface area contributed by atoms with Crippen LogP contribution in [0.15, 0.2) is 36.5 Å². The summed E-state index contributed by atoms with van der Waals surface area (Å²) in [4.78, 5) is 13.4. The Morgan fingerprint density at radius 3 is 2.65 bits per heavy atom. The number of carbonyl (C=O) groups is 1. The fourth-order valence-electron chi connectivity index (χ4n) is 1.72. The quantitative estimate of drug-likeness (QED) is 0.853. The van der Waals surface area contributed by atoms with Crippen LogP contribution in [0.3, 0.4) is 0 Å². The Morgan fingerprint density at radius 1 is 1.35 bits per heavy atom. The second kappa shape index (κ2) is 6.29. The zero-order valence-corrected chi connectivity index (χ0v) is 11.5. The molecule has 0 fully saturated rings. The van der Waals surface area contributed by atoms with Crippen molar-refractivity contribution in [2.75, 3.05) is 6.61 Å². The van der Waals surface area contributed by atoms with Gasteiger partial charge >= 0.3 is 0 Å². The third kappa shape index (κ3) is 3.21. The van der Waals surface area contributed by atoms with E-state index in [4.69, 9.17) is 0 Å². The molecule has 1 atom stereocenters. The maximum atomic E-state index is 12.0. The second-order valence-corrected chi connectivity index (χ2v) is 4.86. The molecule has 0 bridgehead atoms. The van der Waals surface area contributed by atoms with E-state index >= 15 is 0 Å². The summed E-state index contributed by atoms with van der Waals surface area (Å²) in [5.74, 6) is -0.187. The Bertz CT molecular complexity index is 566. The van der Waals surface area contributed by atoms with Crippen LogP contribution in [0.5, 0.6) is 0 Å². The SMILES string of the molecule is CC(C)C(CO)NC(=O)c1cnn(-c2ccccc2)n1. The number of nitrogens with zero attached hydrogens (tertiary/aromatic N) is 3. The molecule has 2 N–H and O–H groups in total. The molecule has 2 rings (SSSR count). The average molecular weight is 274 g/mol. The van der Waals surface area contributed by atoms with E-state index in [1.165, 1.54) is 11.0 Å². The summed E-state index contributed by atoms with van der Waals surface area (Å²) in [6.07, 6.45) is 1.41. The number of aliphatic hydroxyl groups is 1. The van der Waals surface area contributed by atoms with E-state index in [0.29, 0.717) is 0 Å². The van der Waals surface area contributed by atoms with Crippen LogP contribution in [-0.4, -0.2) is 38.7 Å². The van der Waals surface area contributed by atoms with Crippen molar-refractivity contribution >= 4 is 5.91 Å². The van der Waals surface area contributed by atoms with E-state index in [0.717, 1.165) is 5.69 Å². The van der Waals surface area contributed by atoms with Crippen molar-refractivity contribution in [3.63, 3.8) is 0 Å². The molecule has 0 saturated carbocycles. The largest absolute Gasteiger partial charge is 0.394 e. The molecule has 0 aliphatic heterocycles. The first kappa shape index (κ1) is 14.2. The zero-order chi connectivity index (χ0) is 14.5. The third-order valence-electron chi connectivity index (χ3n) is 3.03. The monoisotopic (exact) mass is 274 g/mol. The van der Waals surface area contributed by atoms with Crippen LogP contribution >= 0.6 is 0 Å². The van der Waals surface area contributed by atoms with Crippen LogP contribution in [0, 0.1) is 5.92 Å². The lowest BCUT2D eigenvalue weighted by atomic mass is 10.1. The molecule has 20 heavy (non-hydrogen) atoms. The summed E-state index contributed by atoms with van der Waals surface area (Å²) in [6.45, 7) is 3.76. The number of amides is 1. The molecule has 6 heteroatoms. The zero-order valence-electron chi connectivity index (χ0n) is 11.5. The van der Waals surface area contributed by atoms with Gasteiger partial charge in [0, 0.05) is 0 Å². The van der Waals surface area contributed by atoms with E-state index < -0.39 is 0 Å². The molecule has 0 spiro atoms. The minimum absolute atomic E-state index is 0.101. The van der Waals surface area contributed by atoms with Crippen LogP contribution in [0.1, 0.15) is 24.3 Å². The van der Waals surface area contributed by atoms with Crippen molar-refractivity contribution in [1.29, 1.82) is 0 Å². The highest BCUT2D eigenvalue weighted by Crippen LogP contribution is 2.05. The van der Waals surface area contributed by atoms with Gasteiger partial charge in [0.25, 0.3) is 5.91 Å². The van der Waals surface area contributed by atoms with Crippen molar-refractivity contribution < 1.29 is 9.90 Å². The highest BCUT2D eigenvalue weighted by molar-refractivity contribution is 5.92. The van der Waals surface area contributed by atoms with Gasteiger partial charge in [0.05, 0.1) is 24.5 Å². The molecule has 1 heterocycles. The van der Waals surface area contributed by atoms with Crippen molar-refractivity contribution in [2.45, 2.75) is 19.9 Å². The van der Waals surface area contributed by atoms with Gasteiger partial charge in [-0.05, 0) is 18.1 Å². The molecule has 0 aliphatic carbocycles. The molecule has 1 unspecified atom stereocenters. The molecular weight excluding hydrogens is 256 g/mol. The number of benzene rings is 1. The molecule has 2 aromatic rings. The van der Waals surface area contributed by atoms with E-state index in [1.807, 2.05) is 44.2 Å². The number of para-hydroxylation sites is 1. The van der Waals surface area contributed by atoms with Gasteiger partial charge in [-0.1, -0.05) is 32.0 Å². The molecule has 1 aromatic carbocycles. The Labute approximate surface area is 117 Å². The summed E-state index contributed by atoms with van der Waals surface area (Å²) in [7, 11) is 0. The van der Waals surface area contributed by atoms with E-state index in [2.05, 4.69) is 15.5 Å². The van der Waals surface area contributed by atoms with Gasteiger partial charge in [-0.3, -0.25) is 4.79 Å². The number of aromatic nitrogens is 3. The van der Waals surface area contributed by atoms with Gasteiger partial charge in [0.15, 0.2) is 5.69 Å². The summed E-state index contributed by atoms with van der Waals surface area (Å²) in [5, 5.41) is 20.2. The molecular formula is C14H18N4O2. The standard InChI is InChI=1S/C14H18N4O2/c1-10(2)13(9-19)16-14(20)12-8-15-18(17-12)11-6-4-3-5-7-11/h3-8,10,13,19H,9H2,1-2H3,(H,16,20). The van der Waals surface area contributed by atoms with Gasteiger partial charge in [-0.2, -0.15) is 9.90 Å². The topological polar surface area (TPSA) is 80.0 Å². The first-order valence-corrected chi connectivity index (χ1v) is 6.51. The summed E-state index contributed by atoms with van der Waals surface area (Å²) >= 11 is 0. The van der Waals surface area contributed by atoms with Crippen LogP contribution < -0.4 is 5.32 Å². The van der Waals surface area contributed by atoms with Gasteiger partial charge in [0.2, 0.25) is 0 Å². The Morgan fingerprint density at radius 2 is 2.05 bits per heavy atom. The predicted octanol–water partition coefficient (Wildman–Crippen LogP) is 1.01. The smallest absolute Gasteiger partial charge is 0.273 e. The normalized spacial score (nSPS) is 12.4. The Kier molecular flexibility index (Phi) is 4.47. The molecule has 106 valence electrons. The Hall–Kier alpha value is -2.21. The van der Waals surface area contributed by atoms with Gasteiger partial charge in [-0.25, -0.2) is 0 Å². The summed E-state index contributed by atoms with van der Waals surface area (Å²) < 4.78 is 0. The molecule has 0 radical (unpaired) electrons. The minimum Gasteiger partial charge on any atom is -0.394 e. The van der Waals surface area contributed by atoms with Gasteiger partial charge in [-0.15, -0.1) is 5.10 Å². The molecule has 1 amide bonds. The van der Waals surface area contributed by atoms with Crippen LogP contribution in [0.4, 0.5) is 0 Å². The highest BCUT2D eigenvalue weighted by atomic mass is 16.3. The summed E-state index contributed by atoms with van der Waals surface area (Å²) in [5.41, 5.74) is 1.02. The van der Waals surface area contributed by atoms with Crippen LogP contribution in [0.25, 0.3) is 5.69 Å².